The number of benzene rings is 1. The van der Waals surface area contributed by atoms with Gasteiger partial charge in [-0.1, -0.05) is 24.4 Å². The van der Waals surface area contributed by atoms with Crippen LogP contribution in [-0.2, 0) is 9.59 Å². The maximum absolute atomic E-state index is 12.9. The van der Waals surface area contributed by atoms with Gasteiger partial charge in [-0.15, -0.1) is 0 Å². The first-order chi connectivity index (χ1) is 13.0. The van der Waals surface area contributed by atoms with Gasteiger partial charge in [-0.05, 0) is 56.2 Å². The fourth-order valence-electron chi connectivity index (χ4n) is 4.05. The molecular weight excluding hydrogens is 366 g/mol. The van der Waals surface area contributed by atoms with Crippen LogP contribution in [0.1, 0.15) is 48.8 Å². The number of likely N-dealkylation sites (tertiary alicyclic amines) is 1. The van der Waals surface area contributed by atoms with E-state index in [4.69, 9.17) is 16.0 Å². The molecule has 2 aliphatic rings. The van der Waals surface area contributed by atoms with Crippen LogP contribution in [-0.4, -0.2) is 27.7 Å². The summed E-state index contributed by atoms with van der Waals surface area (Å²) in [6.45, 7) is 1.81. The Morgan fingerprint density at radius 2 is 1.78 bits per heavy atom. The summed E-state index contributed by atoms with van der Waals surface area (Å²) < 4.78 is 5.78. The Kier molecular flexibility index (Phi) is 4.56. The number of aliphatic hydroxyl groups excluding tert-OH is 1. The van der Waals surface area contributed by atoms with E-state index in [9.17, 15) is 14.7 Å². The Balaban J connectivity index is 1.87. The van der Waals surface area contributed by atoms with E-state index in [1.165, 1.54) is 0 Å². The minimum absolute atomic E-state index is 0.0210. The standard InChI is InChI=1S/C21H20ClNO4/c1-12-6-11-16(27-12)18-17(19(24)13-7-9-14(22)10-8-13)20(25)21(26)23(18)15-4-2-3-5-15/h6-11,15,18,24H,2-5H2,1H3/b19-17-. The summed E-state index contributed by atoms with van der Waals surface area (Å²) in [5.74, 6) is -0.267. The van der Waals surface area contributed by atoms with Gasteiger partial charge in [-0.2, -0.15) is 0 Å². The SMILES string of the molecule is Cc1ccc(C2/C(=C(/O)c3ccc(Cl)cc3)C(=O)C(=O)N2C2CCCC2)o1. The molecule has 2 fully saturated rings. The molecule has 1 saturated carbocycles. The quantitative estimate of drug-likeness (QED) is 0.476. The number of ketones is 1. The lowest BCUT2D eigenvalue weighted by atomic mass is 9.99. The first kappa shape index (κ1) is 17.9. The Labute approximate surface area is 162 Å². The van der Waals surface area contributed by atoms with Crippen molar-refractivity contribution >= 4 is 29.1 Å². The van der Waals surface area contributed by atoms with Gasteiger partial charge in [0.1, 0.15) is 23.3 Å². The van der Waals surface area contributed by atoms with E-state index in [1.807, 2.05) is 6.92 Å². The molecule has 27 heavy (non-hydrogen) atoms. The number of Topliss-reactive ketones (excluding diaryl/α,β-unsaturated/α-hetero) is 1. The van der Waals surface area contributed by atoms with Crippen LogP contribution >= 0.6 is 11.6 Å². The van der Waals surface area contributed by atoms with E-state index < -0.39 is 17.7 Å². The highest BCUT2D eigenvalue weighted by Gasteiger charge is 2.50. The highest BCUT2D eigenvalue weighted by atomic mass is 35.5. The maximum Gasteiger partial charge on any atom is 0.296 e. The van der Waals surface area contributed by atoms with E-state index in [2.05, 4.69) is 0 Å². The van der Waals surface area contributed by atoms with E-state index in [0.717, 1.165) is 25.7 Å². The smallest absolute Gasteiger partial charge is 0.296 e. The molecule has 2 heterocycles. The molecule has 1 aliphatic heterocycles. The number of nitrogens with zero attached hydrogens (tertiary/aromatic N) is 1. The second-order valence-electron chi connectivity index (χ2n) is 7.10. The minimum Gasteiger partial charge on any atom is -0.507 e. The number of aryl methyl sites for hydroxylation is 1. The number of rotatable bonds is 3. The summed E-state index contributed by atoms with van der Waals surface area (Å²) in [7, 11) is 0. The molecule has 1 unspecified atom stereocenters. The zero-order chi connectivity index (χ0) is 19.1. The van der Waals surface area contributed by atoms with Crippen LogP contribution in [0.15, 0.2) is 46.4 Å². The lowest BCUT2D eigenvalue weighted by Crippen LogP contribution is -2.37. The molecule has 4 rings (SSSR count). The normalized spacial score (nSPS) is 22.7. The molecule has 1 atom stereocenters. The van der Waals surface area contributed by atoms with Gasteiger partial charge in [-0.3, -0.25) is 9.59 Å². The van der Waals surface area contributed by atoms with Crippen molar-refractivity contribution in [2.45, 2.75) is 44.7 Å². The summed E-state index contributed by atoms with van der Waals surface area (Å²) in [5.41, 5.74) is 0.515. The molecule has 5 nitrogen and oxygen atoms in total. The van der Waals surface area contributed by atoms with Crippen molar-refractivity contribution in [3.05, 3.63) is 64.1 Å². The highest BCUT2D eigenvalue weighted by Crippen LogP contribution is 2.43. The first-order valence-electron chi connectivity index (χ1n) is 9.09. The Bertz CT molecular complexity index is 922. The van der Waals surface area contributed by atoms with Crippen molar-refractivity contribution in [2.24, 2.45) is 0 Å². The lowest BCUT2D eigenvalue weighted by Gasteiger charge is -2.29. The Morgan fingerprint density at radius 3 is 2.37 bits per heavy atom. The predicted molar refractivity (Wildman–Crippen MR) is 101 cm³/mol. The fourth-order valence-corrected chi connectivity index (χ4v) is 4.18. The molecule has 1 amide bonds. The van der Waals surface area contributed by atoms with Gasteiger partial charge in [0.25, 0.3) is 11.7 Å². The van der Waals surface area contributed by atoms with Crippen molar-refractivity contribution in [1.29, 1.82) is 0 Å². The number of carbonyl (C=O) groups excluding carboxylic acids is 2. The number of carbonyl (C=O) groups is 2. The molecule has 1 aromatic heterocycles. The topological polar surface area (TPSA) is 70.8 Å². The van der Waals surface area contributed by atoms with Gasteiger partial charge in [0.05, 0.1) is 5.57 Å². The van der Waals surface area contributed by atoms with Crippen LogP contribution in [0.2, 0.25) is 5.02 Å². The van der Waals surface area contributed by atoms with Crippen LogP contribution < -0.4 is 0 Å². The monoisotopic (exact) mass is 385 g/mol. The molecule has 1 N–H and O–H groups in total. The lowest BCUT2D eigenvalue weighted by molar-refractivity contribution is -0.141. The zero-order valence-electron chi connectivity index (χ0n) is 14.9. The van der Waals surface area contributed by atoms with E-state index in [1.54, 1.807) is 41.3 Å². The van der Waals surface area contributed by atoms with Gasteiger partial charge in [-0.25, -0.2) is 0 Å². The number of amides is 1. The molecule has 0 spiro atoms. The minimum atomic E-state index is -0.711. The molecular formula is C21H20ClNO4. The molecule has 0 bridgehead atoms. The second-order valence-corrected chi connectivity index (χ2v) is 7.54. The summed E-state index contributed by atoms with van der Waals surface area (Å²) >= 11 is 5.92. The summed E-state index contributed by atoms with van der Waals surface area (Å²) in [4.78, 5) is 27.3. The zero-order valence-corrected chi connectivity index (χ0v) is 15.7. The third-order valence-corrected chi connectivity index (χ3v) is 5.60. The Hall–Kier alpha value is -2.53. The van der Waals surface area contributed by atoms with E-state index in [0.29, 0.717) is 22.1 Å². The molecule has 140 valence electrons. The number of hydrogen-bond acceptors (Lipinski definition) is 4. The molecule has 6 heteroatoms. The number of hydrogen-bond donors (Lipinski definition) is 1. The van der Waals surface area contributed by atoms with Crippen molar-refractivity contribution in [3.8, 4) is 0 Å². The Morgan fingerprint density at radius 1 is 1.11 bits per heavy atom. The third kappa shape index (κ3) is 3.06. The van der Waals surface area contributed by atoms with Crippen molar-refractivity contribution in [1.82, 2.24) is 4.90 Å². The average molecular weight is 386 g/mol. The van der Waals surface area contributed by atoms with Crippen LogP contribution in [0.4, 0.5) is 0 Å². The van der Waals surface area contributed by atoms with E-state index in [-0.39, 0.29) is 17.4 Å². The average Bonchev–Trinajstić information content (AvgIpc) is 3.37. The number of furan rings is 1. The highest BCUT2D eigenvalue weighted by molar-refractivity contribution is 6.46. The largest absolute Gasteiger partial charge is 0.507 e. The number of aliphatic hydroxyl groups is 1. The molecule has 2 aromatic rings. The van der Waals surface area contributed by atoms with Gasteiger partial charge < -0.3 is 14.4 Å². The summed E-state index contributed by atoms with van der Waals surface area (Å²) in [6.07, 6.45) is 3.75. The molecule has 0 radical (unpaired) electrons. The predicted octanol–water partition coefficient (Wildman–Crippen LogP) is 4.61. The van der Waals surface area contributed by atoms with Gasteiger partial charge in [0.15, 0.2) is 0 Å². The van der Waals surface area contributed by atoms with Crippen molar-refractivity contribution in [2.75, 3.05) is 0 Å². The van der Waals surface area contributed by atoms with Crippen molar-refractivity contribution < 1.29 is 19.1 Å². The van der Waals surface area contributed by atoms with E-state index >= 15 is 0 Å². The van der Waals surface area contributed by atoms with Crippen LogP contribution in [0.25, 0.3) is 5.76 Å². The van der Waals surface area contributed by atoms with Gasteiger partial charge in [0.2, 0.25) is 0 Å². The summed E-state index contributed by atoms with van der Waals surface area (Å²) in [5, 5.41) is 11.4. The fraction of sp³-hybridized carbons (Fsp3) is 0.333. The molecule has 1 saturated heterocycles. The van der Waals surface area contributed by atoms with Crippen LogP contribution in [0.5, 0.6) is 0 Å². The number of halogens is 1. The first-order valence-corrected chi connectivity index (χ1v) is 9.47. The molecule has 1 aliphatic carbocycles. The third-order valence-electron chi connectivity index (χ3n) is 5.35. The van der Waals surface area contributed by atoms with Gasteiger partial charge >= 0.3 is 0 Å². The van der Waals surface area contributed by atoms with Crippen LogP contribution in [0.3, 0.4) is 0 Å². The maximum atomic E-state index is 12.9. The van der Waals surface area contributed by atoms with Gasteiger partial charge in [0, 0.05) is 16.6 Å². The second kappa shape index (κ2) is 6.89. The summed E-state index contributed by atoms with van der Waals surface area (Å²) in [6, 6.07) is 9.36. The van der Waals surface area contributed by atoms with Crippen molar-refractivity contribution in [3.63, 3.8) is 0 Å². The van der Waals surface area contributed by atoms with Crippen LogP contribution in [0, 0.1) is 6.92 Å². The molecule has 1 aromatic carbocycles.